The van der Waals surface area contributed by atoms with Crippen molar-refractivity contribution in [3.05, 3.63) is 57.5 Å². The molecule has 0 atom stereocenters. The number of amides is 1. The molecule has 2 aromatic heterocycles. The fourth-order valence-corrected chi connectivity index (χ4v) is 4.72. The van der Waals surface area contributed by atoms with Gasteiger partial charge in [-0.05, 0) is 37.6 Å². The van der Waals surface area contributed by atoms with Crippen LogP contribution in [0.15, 0.2) is 40.6 Å². The van der Waals surface area contributed by atoms with Gasteiger partial charge in [-0.2, -0.15) is 9.61 Å². The minimum absolute atomic E-state index is 0.112. The Morgan fingerprint density at radius 2 is 2.00 bits per heavy atom. The molecule has 5 rings (SSSR count). The van der Waals surface area contributed by atoms with E-state index in [1.54, 1.807) is 11.6 Å². The van der Waals surface area contributed by atoms with E-state index in [1.165, 1.54) is 15.9 Å². The first-order chi connectivity index (χ1) is 12.7. The van der Waals surface area contributed by atoms with Crippen molar-refractivity contribution in [3.63, 3.8) is 0 Å². The third-order valence-electron chi connectivity index (χ3n) is 5.46. The van der Waals surface area contributed by atoms with Gasteiger partial charge in [0.15, 0.2) is 0 Å². The van der Waals surface area contributed by atoms with Crippen LogP contribution in [0.1, 0.15) is 24.1 Å². The molecule has 0 aliphatic carbocycles. The Kier molecular flexibility index (Phi) is 3.44. The number of aromatic nitrogens is 3. The Morgan fingerprint density at radius 1 is 1.19 bits per heavy atom. The number of hydrogen-bond donors (Lipinski definition) is 1. The number of fused-ring (bicyclic) bond motifs is 3. The summed E-state index contributed by atoms with van der Waals surface area (Å²) < 4.78 is 1.32. The average Bonchev–Trinajstić information content (AvgIpc) is 3.21. The van der Waals surface area contributed by atoms with E-state index in [4.69, 9.17) is 0 Å². The minimum atomic E-state index is -0.415. The second-order valence-corrected chi connectivity index (χ2v) is 7.69. The zero-order valence-corrected chi connectivity index (χ0v) is 14.8. The highest BCUT2D eigenvalue weighted by Gasteiger charge is 2.48. The number of nitrogens with one attached hydrogen (secondary N) is 1. The molecule has 4 heterocycles. The van der Waals surface area contributed by atoms with Crippen LogP contribution < -0.4 is 10.9 Å². The van der Waals surface area contributed by atoms with Crippen LogP contribution in [0.4, 0.5) is 5.69 Å². The highest BCUT2D eigenvalue weighted by Crippen LogP contribution is 2.44. The van der Waals surface area contributed by atoms with Crippen molar-refractivity contribution < 1.29 is 4.79 Å². The van der Waals surface area contributed by atoms with Crippen molar-refractivity contribution in [2.75, 3.05) is 18.4 Å². The van der Waals surface area contributed by atoms with Crippen LogP contribution in [0.3, 0.4) is 0 Å². The highest BCUT2D eigenvalue weighted by atomic mass is 32.1. The number of para-hydroxylation sites is 1. The van der Waals surface area contributed by atoms with E-state index in [2.05, 4.69) is 26.4 Å². The highest BCUT2D eigenvalue weighted by molar-refractivity contribution is 7.14. The molecule has 1 N–H and O–H groups in total. The molecule has 8 heteroatoms. The van der Waals surface area contributed by atoms with E-state index in [0.717, 1.165) is 42.9 Å². The molecule has 1 saturated heterocycles. The summed E-state index contributed by atoms with van der Waals surface area (Å²) in [5, 5.41) is 7.01. The standard InChI is InChI=1S/C18H17N5O2S/c24-15-9-12(20-17-23(15)19-11-26-17)10-22-7-5-18(6-8-22)13-3-1-2-4-14(13)21-16(18)25/h1-4,9,11H,5-8,10H2,(H,21,25). The summed E-state index contributed by atoms with van der Waals surface area (Å²) in [6, 6.07) is 9.52. The van der Waals surface area contributed by atoms with E-state index in [9.17, 15) is 9.59 Å². The van der Waals surface area contributed by atoms with Crippen LogP contribution in [0.5, 0.6) is 0 Å². The largest absolute Gasteiger partial charge is 0.325 e. The molecular formula is C18H17N5O2S. The molecule has 0 bridgehead atoms. The molecule has 1 amide bonds. The van der Waals surface area contributed by atoms with Crippen LogP contribution in [0.2, 0.25) is 0 Å². The van der Waals surface area contributed by atoms with E-state index in [0.29, 0.717) is 11.5 Å². The Hall–Kier alpha value is -2.58. The van der Waals surface area contributed by atoms with Gasteiger partial charge in [0, 0.05) is 18.3 Å². The Morgan fingerprint density at radius 3 is 2.85 bits per heavy atom. The maximum absolute atomic E-state index is 12.6. The first-order valence-electron chi connectivity index (χ1n) is 8.61. The SMILES string of the molecule is O=C1Nc2ccccc2C12CCN(Cc1cc(=O)n3ncsc3n1)CC2. The number of piperidine rings is 1. The Labute approximate surface area is 153 Å². The first-order valence-corrected chi connectivity index (χ1v) is 9.49. The summed E-state index contributed by atoms with van der Waals surface area (Å²) in [6.45, 7) is 2.21. The van der Waals surface area contributed by atoms with Gasteiger partial charge in [-0.25, -0.2) is 4.98 Å². The Bertz CT molecular complexity index is 1060. The predicted molar refractivity (Wildman–Crippen MR) is 98.4 cm³/mol. The molecule has 2 aliphatic rings. The lowest BCUT2D eigenvalue weighted by atomic mass is 9.73. The fraction of sp³-hybridized carbons (Fsp3) is 0.333. The zero-order chi connectivity index (χ0) is 17.7. The van der Waals surface area contributed by atoms with Crippen molar-refractivity contribution in [2.45, 2.75) is 24.8 Å². The lowest BCUT2D eigenvalue weighted by molar-refractivity contribution is -0.122. The molecule has 0 radical (unpaired) electrons. The van der Waals surface area contributed by atoms with Crippen LogP contribution in [-0.2, 0) is 16.8 Å². The number of rotatable bonds is 2. The minimum Gasteiger partial charge on any atom is -0.325 e. The van der Waals surface area contributed by atoms with Crippen molar-refractivity contribution in [1.82, 2.24) is 19.5 Å². The molecule has 7 nitrogen and oxygen atoms in total. The number of carbonyl (C=O) groups is 1. The van der Waals surface area contributed by atoms with Gasteiger partial charge >= 0.3 is 0 Å². The summed E-state index contributed by atoms with van der Waals surface area (Å²) in [7, 11) is 0. The summed E-state index contributed by atoms with van der Waals surface area (Å²) in [6.07, 6.45) is 1.55. The molecule has 1 spiro atoms. The fourth-order valence-electron chi connectivity index (χ4n) is 4.07. The molecule has 1 fully saturated rings. The smallest absolute Gasteiger partial charge is 0.275 e. The van der Waals surface area contributed by atoms with E-state index in [1.807, 2.05) is 18.2 Å². The Balaban J connectivity index is 1.36. The second-order valence-electron chi connectivity index (χ2n) is 6.88. The number of nitrogens with zero attached hydrogens (tertiary/aromatic N) is 4. The molecule has 2 aliphatic heterocycles. The summed E-state index contributed by atoms with van der Waals surface area (Å²) in [5.41, 5.74) is 3.87. The maximum atomic E-state index is 12.6. The quantitative estimate of drug-likeness (QED) is 0.745. The van der Waals surface area contributed by atoms with Crippen LogP contribution in [0, 0.1) is 0 Å². The summed E-state index contributed by atoms with van der Waals surface area (Å²) in [4.78, 5) is 32.1. The molecule has 26 heavy (non-hydrogen) atoms. The van der Waals surface area contributed by atoms with Crippen molar-refractivity contribution in [1.29, 1.82) is 0 Å². The second kappa shape index (κ2) is 5.72. The van der Waals surface area contributed by atoms with Crippen LogP contribution in [0.25, 0.3) is 4.96 Å². The van der Waals surface area contributed by atoms with Crippen molar-refractivity contribution in [2.24, 2.45) is 0 Å². The number of benzene rings is 1. The summed E-state index contributed by atoms with van der Waals surface area (Å²) in [5.74, 6) is 0.112. The van der Waals surface area contributed by atoms with Gasteiger partial charge < -0.3 is 5.32 Å². The van der Waals surface area contributed by atoms with Gasteiger partial charge in [0.25, 0.3) is 5.56 Å². The summed E-state index contributed by atoms with van der Waals surface area (Å²) >= 11 is 1.35. The monoisotopic (exact) mass is 367 g/mol. The molecule has 3 aromatic rings. The number of hydrogen-bond acceptors (Lipinski definition) is 6. The lowest BCUT2D eigenvalue weighted by Gasteiger charge is -2.37. The van der Waals surface area contributed by atoms with Gasteiger partial charge in [0.05, 0.1) is 11.1 Å². The molecule has 0 saturated carbocycles. The van der Waals surface area contributed by atoms with Crippen LogP contribution >= 0.6 is 11.3 Å². The normalized spacial score (nSPS) is 19.0. The molecule has 1 aromatic carbocycles. The third-order valence-corrected chi connectivity index (χ3v) is 6.14. The average molecular weight is 367 g/mol. The third kappa shape index (κ3) is 2.29. The zero-order valence-electron chi connectivity index (χ0n) is 14.0. The molecular weight excluding hydrogens is 350 g/mol. The maximum Gasteiger partial charge on any atom is 0.275 e. The lowest BCUT2D eigenvalue weighted by Crippen LogP contribution is -2.46. The number of likely N-dealkylation sites (tertiary alicyclic amines) is 1. The first kappa shape index (κ1) is 15.7. The van der Waals surface area contributed by atoms with E-state index >= 15 is 0 Å². The van der Waals surface area contributed by atoms with Gasteiger partial charge in [-0.3, -0.25) is 14.5 Å². The number of carbonyl (C=O) groups excluding carboxylic acids is 1. The number of anilines is 1. The predicted octanol–water partition coefficient (Wildman–Crippen LogP) is 1.64. The van der Waals surface area contributed by atoms with Gasteiger partial charge in [0.1, 0.15) is 5.51 Å². The topological polar surface area (TPSA) is 79.6 Å². The van der Waals surface area contributed by atoms with Crippen molar-refractivity contribution in [3.8, 4) is 0 Å². The van der Waals surface area contributed by atoms with E-state index < -0.39 is 5.41 Å². The molecule has 0 unspecified atom stereocenters. The van der Waals surface area contributed by atoms with Gasteiger partial charge in [0.2, 0.25) is 10.9 Å². The van der Waals surface area contributed by atoms with Gasteiger partial charge in [-0.1, -0.05) is 29.5 Å². The van der Waals surface area contributed by atoms with E-state index in [-0.39, 0.29) is 11.5 Å². The molecule has 132 valence electrons. The van der Waals surface area contributed by atoms with Crippen molar-refractivity contribution >= 4 is 27.9 Å². The van der Waals surface area contributed by atoms with Crippen LogP contribution in [-0.4, -0.2) is 38.5 Å². The van der Waals surface area contributed by atoms with Gasteiger partial charge in [-0.15, -0.1) is 0 Å².